The van der Waals surface area contributed by atoms with Crippen LogP contribution in [0.15, 0.2) is 4.79 Å². The average molecular weight is 169 g/mol. The Bertz CT molecular complexity index is 356. The molecule has 0 aliphatic carbocycles. The van der Waals surface area contributed by atoms with E-state index in [9.17, 15) is 4.79 Å². The number of anilines is 1. The van der Waals surface area contributed by atoms with Gasteiger partial charge in [-0.25, -0.2) is 4.79 Å². The first kappa shape index (κ1) is 8.73. The molecule has 0 saturated heterocycles. The molecule has 1 aromatic heterocycles. The monoisotopic (exact) mass is 169 g/mol. The van der Waals surface area contributed by atoms with E-state index in [1.807, 2.05) is 5.48 Å². The molecule has 12 heavy (non-hydrogen) atoms. The minimum atomic E-state index is -0.380. The molecule has 5 nitrogen and oxygen atoms in total. The summed E-state index contributed by atoms with van der Waals surface area (Å²) in [6.07, 6.45) is 0. The highest BCUT2D eigenvalue weighted by Gasteiger charge is 2.06. The second kappa shape index (κ2) is 2.94. The van der Waals surface area contributed by atoms with Gasteiger partial charge in [0.2, 0.25) is 0 Å². The van der Waals surface area contributed by atoms with Gasteiger partial charge >= 0.3 is 5.69 Å². The highest BCUT2D eigenvalue weighted by molar-refractivity contribution is 5.42. The van der Waals surface area contributed by atoms with Crippen LogP contribution in [0.2, 0.25) is 0 Å². The summed E-state index contributed by atoms with van der Waals surface area (Å²) in [6, 6.07) is 0. The second-order valence-corrected chi connectivity index (χ2v) is 2.62. The van der Waals surface area contributed by atoms with Gasteiger partial charge < -0.3 is 0 Å². The van der Waals surface area contributed by atoms with Gasteiger partial charge in [0.25, 0.3) is 0 Å². The molecule has 0 atom stereocenters. The van der Waals surface area contributed by atoms with Crippen molar-refractivity contribution in [3.05, 3.63) is 21.7 Å². The Balaban J connectivity index is 3.50. The standard InChI is InChI=1S/C7H11N3O2/c1-4-5(2)10(3)7(11)8-6(4)9-12/h12H,1-3H3,(H,8,9,11). The molecule has 0 bridgehead atoms. The van der Waals surface area contributed by atoms with E-state index in [4.69, 9.17) is 5.21 Å². The molecule has 0 aromatic carbocycles. The van der Waals surface area contributed by atoms with Crippen molar-refractivity contribution in [1.82, 2.24) is 9.55 Å². The summed E-state index contributed by atoms with van der Waals surface area (Å²) in [7, 11) is 1.64. The maximum Gasteiger partial charge on any atom is 0.349 e. The van der Waals surface area contributed by atoms with Crippen LogP contribution in [0.1, 0.15) is 11.3 Å². The molecular weight excluding hydrogens is 158 g/mol. The highest BCUT2D eigenvalue weighted by Crippen LogP contribution is 2.10. The van der Waals surface area contributed by atoms with Gasteiger partial charge in [-0.2, -0.15) is 4.98 Å². The molecule has 5 heteroatoms. The summed E-state index contributed by atoms with van der Waals surface area (Å²) in [5.41, 5.74) is 3.05. The first-order chi connectivity index (χ1) is 5.57. The van der Waals surface area contributed by atoms with Gasteiger partial charge in [-0.3, -0.25) is 15.3 Å². The van der Waals surface area contributed by atoms with Crippen LogP contribution in [0.25, 0.3) is 0 Å². The number of hydrogen-bond donors (Lipinski definition) is 2. The lowest BCUT2D eigenvalue weighted by atomic mass is 10.2. The normalized spacial score (nSPS) is 10.0. The summed E-state index contributed by atoms with van der Waals surface area (Å²) >= 11 is 0. The van der Waals surface area contributed by atoms with Crippen molar-refractivity contribution in [1.29, 1.82) is 0 Å². The van der Waals surface area contributed by atoms with Gasteiger partial charge in [0, 0.05) is 18.3 Å². The quantitative estimate of drug-likeness (QED) is 0.589. The lowest BCUT2D eigenvalue weighted by Crippen LogP contribution is -2.24. The summed E-state index contributed by atoms with van der Waals surface area (Å²) in [6.45, 7) is 3.57. The number of hydrogen-bond acceptors (Lipinski definition) is 4. The van der Waals surface area contributed by atoms with Crippen LogP contribution >= 0.6 is 0 Å². The predicted octanol–water partition coefficient (Wildman–Crippen LogP) is 0.198. The van der Waals surface area contributed by atoms with Gasteiger partial charge in [0.15, 0.2) is 5.82 Å². The van der Waals surface area contributed by atoms with Crippen LogP contribution in [0, 0.1) is 13.8 Å². The number of nitrogens with one attached hydrogen (secondary N) is 1. The van der Waals surface area contributed by atoms with Crippen molar-refractivity contribution < 1.29 is 5.21 Å². The Labute approximate surface area is 69.6 Å². The minimum Gasteiger partial charge on any atom is -0.299 e. The maximum absolute atomic E-state index is 11.1. The van der Waals surface area contributed by atoms with Crippen LogP contribution in [-0.4, -0.2) is 14.8 Å². The Morgan fingerprint density at radius 2 is 2.08 bits per heavy atom. The van der Waals surface area contributed by atoms with E-state index >= 15 is 0 Å². The lowest BCUT2D eigenvalue weighted by molar-refractivity contribution is 0.384. The summed E-state index contributed by atoms with van der Waals surface area (Å²) in [4.78, 5) is 14.7. The SMILES string of the molecule is Cc1c(NO)nc(=O)n(C)c1C. The fourth-order valence-corrected chi connectivity index (χ4v) is 0.930. The summed E-state index contributed by atoms with van der Waals surface area (Å²) in [5.74, 6) is 0.218. The van der Waals surface area contributed by atoms with Crippen LogP contribution in [0.4, 0.5) is 5.82 Å². The summed E-state index contributed by atoms with van der Waals surface area (Å²) < 4.78 is 1.43. The van der Waals surface area contributed by atoms with Gasteiger partial charge in [0.05, 0.1) is 0 Å². The third kappa shape index (κ3) is 1.18. The third-order valence-corrected chi connectivity index (χ3v) is 2.00. The molecule has 2 N–H and O–H groups in total. The largest absolute Gasteiger partial charge is 0.349 e. The molecule has 0 aliphatic rings. The van der Waals surface area contributed by atoms with E-state index in [0.29, 0.717) is 0 Å². The molecule has 1 heterocycles. The van der Waals surface area contributed by atoms with Crippen LogP contribution in [0.5, 0.6) is 0 Å². The maximum atomic E-state index is 11.1. The zero-order valence-corrected chi connectivity index (χ0v) is 7.25. The molecule has 0 spiro atoms. The Hall–Kier alpha value is -1.36. The van der Waals surface area contributed by atoms with E-state index in [-0.39, 0.29) is 11.5 Å². The van der Waals surface area contributed by atoms with E-state index < -0.39 is 0 Å². The number of aromatic nitrogens is 2. The van der Waals surface area contributed by atoms with Gasteiger partial charge in [0.1, 0.15) is 0 Å². The van der Waals surface area contributed by atoms with E-state index in [2.05, 4.69) is 4.98 Å². The fraction of sp³-hybridized carbons (Fsp3) is 0.429. The van der Waals surface area contributed by atoms with E-state index in [1.165, 1.54) is 4.57 Å². The van der Waals surface area contributed by atoms with Crippen molar-refractivity contribution in [3.63, 3.8) is 0 Å². The molecule has 0 unspecified atom stereocenters. The number of rotatable bonds is 1. The van der Waals surface area contributed by atoms with Gasteiger partial charge in [-0.05, 0) is 13.8 Å². The van der Waals surface area contributed by atoms with Crippen molar-refractivity contribution in [3.8, 4) is 0 Å². The molecule has 0 saturated carbocycles. The van der Waals surface area contributed by atoms with Crippen LogP contribution < -0.4 is 11.2 Å². The van der Waals surface area contributed by atoms with Crippen LogP contribution in [0.3, 0.4) is 0 Å². The third-order valence-electron chi connectivity index (χ3n) is 2.00. The molecule has 1 aromatic rings. The number of nitrogens with zero attached hydrogens (tertiary/aromatic N) is 2. The van der Waals surface area contributed by atoms with Gasteiger partial charge in [-0.1, -0.05) is 0 Å². The fourth-order valence-electron chi connectivity index (χ4n) is 0.930. The smallest absolute Gasteiger partial charge is 0.299 e. The van der Waals surface area contributed by atoms with Crippen molar-refractivity contribution in [2.45, 2.75) is 13.8 Å². The summed E-state index contributed by atoms with van der Waals surface area (Å²) in [5, 5.41) is 8.60. The van der Waals surface area contributed by atoms with Crippen molar-refractivity contribution in [2.24, 2.45) is 7.05 Å². The zero-order valence-electron chi connectivity index (χ0n) is 7.25. The van der Waals surface area contributed by atoms with Crippen LogP contribution in [-0.2, 0) is 7.05 Å². The topological polar surface area (TPSA) is 67.2 Å². The molecule has 0 amide bonds. The lowest BCUT2D eigenvalue weighted by Gasteiger charge is -2.08. The van der Waals surface area contributed by atoms with Crippen molar-refractivity contribution >= 4 is 5.82 Å². The Kier molecular flexibility index (Phi) is 2.14. The average Bonchev–Trinajstić information content (AvgIpc) is 2.08. The zero-order chi connectivity index (χ0) is 9.30. The molecule has 0 fully saturated rings. The Morgan fingerprint density at radius 1 is 1.50 bits per heavy atom. The molecule has 0 aliphatic heterocycles. The molecule has 66 valence electrons. The second-order valence-electron chi connectivity index (χ2n) is 2.62. The first-order valence-electron chi connectivity index (χ1n) is 3.52. The Morgan fingerprint density at radius 3 is 2.58 bits per heavy atom. The van der Waals surface area contributed by atoms with Crippen molar-refractivity contribution in [2.75, 3.05) is 5.48 Å². The first-order valence-corrected chi connectivity index (χ1v) is 3.52. The molecule has 1 rings (SSSR count). The highest BCUT2D eigenvalue weighted by atomic mass is 16.5. The predicted molar refractivity (Wildman–Crippen MR) is 44.4 cm³/mol. The van der Waals surface area contributed by atoms with Gasteiger partial charge in [-0.15, -0.1) is 0 Å². The molecule has 0 radical (unpaired) electrons. The molecular formula is C7H11N3O2. The minimum absolute atomic E-state index is 0.218. The van der Waals surface area contributed by atoms with E-state index in [0.717, 1.165) is 11.3 Å². The van der Waals surface area contributed by atoms with E-state index in [1.54, 1.807) is 20.9 Å².